The fourth-order valence-corrected chi connectivity index (χ4v) is 3.23. The maximum atomic E-state index is 4.51. The van der Waals surface area contributed by atoms with Crippen LogP contribution in [0, 0.1) is 0 Å². The number of rotatable bonds is 4. The van der Waals surface area contributed by atoms with E-state index in [1.165, 1.54) is 0 Å². The minimum absolute atomic E-state index is 0. The molecule has 134 valence electrons. The highest BCUT2D eigenvalue weighted by Gasteiger charge is 2.33. The number of hydrogen-bond donors (Lipinski definition) is 0. The maximum Gasteiger partial charge on any atom is 0.0880 e. The Balaban J connectivity index is 0.00000225. The van der Waals surface area contributed by atoms with Gasteiger partial charge in [0.25, 0.3) is 0 Å². The summed E-state index contributed by atoms with van der Waals surface area (Å²) in [5, 5.41) is 0. The van der Waals surface area contributed by atoms with Crippen LogP contribution in [-0.2, 0) is 13.1 Å². The summed E-state index contributed by atoms with van der Waals surface area (Å²) in [6.45, 7) is 6.99. The average Bonchev–Trinajstić information content (AvgIpc) is 2.55. The minimum atomic E-state index is -0.113. The number of hydrogen-bond acceptors (Lipinski definition) is 4. The molecule has 3 rings (SSSR count). The molecule has 0 aliphatic carbocycles. The van der Waals surface area contributed by atoms with Crippen molar-refractivity contribution in [3.63, 3.8) is 0 Å². The van der Waals surface area contributed by atoms with Gasteiger partial charge in [-0.1, -0.05) is 6.08 Å². The Morgan fingerprint density at radius 3 is 2.04 bits per heavy atom. The van der Waals surface area contributed by atoms with Crippen LogP contribution in [0.15, 0.2) is 57.9 Å². The van der Waals surface area contributed by atoms with Gasteiger partial charge in [0.05, 0.1) is 23.6 Å². The summed E-state index contributed by atoms with van der Waals surface area (Å²) in [5.41, 5.74) is 2.01. The van der Waals surface area contributed by atoms with E-state index in [-0.39, 0.29) is 22.6 Å². The molecular formula is C18H21Br3N4. The second kappa shape index (κ2) is 8.75. The Morgan fingerprint density at radius 2 is 1.52 bits per heavy atom. The van der Waals surface area contributed by atoms with Crippen LogP contribution < -0.4 is 0 Å². The molecule has 0 radical (unpaired) electrons. The molecule has 0 atom stereocenters. The third-order valence-corrected chi connectivity index (χ3v) is 5.29. The molecular weight excluding hydrogens is 512 g/mol. The van der Waals surface area contributed by atoms with Crippen molar-refractivity contribution in [3.05, 3.63) is 69.3 Å². The van der Waals surface area contributed by atoms with Gasteiger partial charge in [0.15, 0.2) is 0 Å². The van der Waals surface area contributed by atoms with Crippen molar-refractivity contribution in [1.29, 1.82) is 0 Å². The van der Waals surface area contributed by atoms with Crippen molar-refractivity contribution >= 4 is 48.8 Å². The van der Waals surface area contributed by atoms with E-state index in [0.717, 1.165) is 40.0 Å². The van der Waals surface area contributed by atoms with Crippen LogP contribution in [-0.4, -0.2) is 32.0 Å². The molecule has 0 fully saturated rings. The van der Waals surface area contributed by atoms with Crippen LogP contribution in [0.4, 0.5) is 0 Å². The van der Waals surface area contributed by atoms with Crippen LogP contribution in [0.2, 0.25) is 0 Å². The lowest BCUT2D eigenvalue weighted by molar-refractivity contribution is -0.0181. The Hall–Kier alpha value is -0.760. The molecule has 0 bridgehead atoms. The lowest BCUT2D eigenvalue weighted by Gasteiger charge is -2.48. The Bertz CT molecular complexity index is 714. The summed E-state index contributed by atoms with van der Waals surface area (Å²) in [6.07, 6.45) is 8.07. The summed E-state index contributed by atoms with van der Waals surface area (Å²) in [5.74, 6) is 0. The Morgan fingerprint density at radius 1 is 0.960 bits per heavy atom. The molecule has 1 aliphatic rings. The predicted molar refractivity (Wildman–Crippen MR) is 113 cm³/mol. The van der Waals surface area contributed by atoms with Gasteiger partial charge in [-0.25, -0.2) is 0 Å². The molecule has 0 N–H and O–H groups in total. The number of aromatic nitrogens is 2. The van der Waals surface area contributed by atoms with Gasteiger partial charge in [0.1, 0.15) is 0 Å². The summed E-state index contributed by atoms with van der Waals surface area (Å²) in [6, 6.07) is 8.20. The SMILES string of the molecule is Br.CC1(C)N(Cc2ccc(Br)cn2)C=CCN1Cc1ccc(Br)cn1. The van der Waals surface area contributed by atoms with E-state index in [1.54, 1.807) is 0 Å². The molecule has 7 heteroatoms. The number of pyridine rings is 2. The standard InChI is InChI=1S/C18H20Br2N4.BrH/c1-18(2)23(12-16-6-4-14(19)10-21-16)8-3-9-24(18)13-17-7-5-15(20)11-22-17;/h3-8,10-11H,9,12-13H2,1-2H3;1H. The second-order valence-electron chi connectivity index (χ2n) is 6.32. The molecule has 4 nitrogen and oxygen atoms in total. The summed E-state index contributed by atoms with van der Waals surface area (Å²) in [4.78, 5) is 13.7. The lowest BCUT2D eigenvalue weighted by atomic mass is 10.1. The van der Waals surface area contributed by atoms with Crippen LogP contribution in [0.25, 0.3) is 0 Å². The summed E-state index contributed by atoms with van der Waals surface area (Å²) in [7, 11) is 0. The van der Waals surface area contributed by atoms with Gasteiger partial charge in [0.2, 0.25) is 0 Å². The van der Waals surface area contributed by atoms with Gasteiger partial charge in [0, 0.05) is 34.4 Å². The quantitative estimate of drug-likeness (QED) is 0.545. The molecule has 0 saturated heterocycles. The molecule has 25 heavy (non-hydrogen) atoms. The molecule has 3 heterocycles. The van der Waals surface area contributed by atoms with Gasteiger partial charge in [-0.2, -0.15) is 0 Å². The normalized spacial score (nSPS) is 16.6. The first-order valence-electron chi connectivity index (χ1n) is 7.84. The topological polar surface area (TPSA) is 32.3 Å². The molecule has 2 aromatic rings. The molecule has 0 aromatic carbocycles. The van der Waals surface area contributed by atoms with E-state index in [9.17, 15) is 0 Å². The van der Waals surface area contributed by atoms with Gasteiger partial charge < -0.3 is 4.90 Å². The van der Waals surface area contributed by atoms with E-state index < -0.39 is 0 Å². The second-order valence-corrected chi connectivity index (χ2v) is 8.15. The zero-order valence-electron chi connectivity index (χ0n) is 14.2. The zero-order chi connectivity index (χ0) is 17.2. The van der Waals surface area contributed by atoms with Crippen molar-refractivity contribution in [1.82, 2.24) is 19.8 Å². The van der Waals surface area contributed by atoms with Gasteiger partial charge in [-0.3, -0.25) is 14.9 Å². The predicted octanol–water partition coefficient (Wildman–Crippen LogP) is 5.15. The van der Waals surface area contributed by atoms with Crippen molar-refractivity contribution < 1.29 is 0 Å². The van der Waals surface area contributed by atoms with E-state index in [4.69, 9.17) is 0 Å². The first-order valence-corrected chi connectivity index (χ1v) is 9.43. The van der Waals surface area contributed by atoms with Crippen molar-refractivity contribution in [2.24, 2.45) is 0 Å². The number of nitrogens with zero attached hydrogens (tertiary/aromatic N) is 4. The molecule has 2 aromatic heterocycles. The average molecular weight is 533 g/mol. The highest BCUT2D eigenvalue weighted by Crippen LogP contribution is 2.27. The molecule has 0 saturated carbocycles. The van der Waals surface area contributed by atoms with E-state index in [1.807, 2.05) is 24.5 Å². The Kier molecular flexibility index (Phi) is 7.19. The van der Waals surface area contributed by atoms with Gasteiger partial charge in [-0.05, 0) is 76.2 Å². The smallest absolute Gasteiger partial charge is 0.0880 e. The van der Waals surface area contributed by atoms with Crippen molar-refractivity contribution in [2.75, 3.05) is 6.54 Å². The highest BCUT2D eigenvalue weighted by molar-refractivity contribution is 9.10. The fourth-order valence-electron chi connectivity index (χ4n) is 2.76. The first kappa shape index (κ1) is 20.6. The van der Waals surface area contributed by atoms with Crippen LogP contribution in [0.1, 0.15) is 25.2 Å². The first-order chi connectivity index (χ1) is 11.4. The fraction of sp³-hybridized carbons (Fsp3) is 0.333. The Labute approximate surface area is 176 Å². The van der Waals surface area contributed by atoms with Crippen molar-refractivity contribution in [2.45, 2.75) is 32.6 Å². The molecule has 0 spiro atoms. The third-order valence-electron chi connectivity index (χ3n) is 4.35. The molecule has 0 amide bonds. The van der Waals surface area contributed by atoms with Crippen LogP contribution >= 0.6 is 48.8 Å². The maximum absolute atomic E-state index is 4.51. The van der Waals surface area contributed by atoms with E-state index in [2.05, 4.69) is 89.9 Å². The minimum Gasteiger partial charge on any atom is -0.354 e. The van der Waals surface area contributed by atoms with E-state index >= 15 is 0 Å². The zero-order valence-corrected chi connectivity index (χ0v) is 19.1. The van der Waals surface area contributed by atoms with E-state index in [0.29, 0.717) is 0 Å². The molecule has 1 aliphatic heterocycles. The summed E-state index contributed by atoms with van der Waals surface area (Å²) >= 11 is 6.88. The van der Waals surface area contributed by atoms with Gasteiger partial charge >= 0.3 is 0 Å². The van der Waals surface area contributed by atoms with Gasteiger partial charge in [-0.15, -0.1) is 17.0 Å². The molecule has 0 unspecified atom stereocenters. The monoisotopic (exact) mass is 530 g/mol. The van der Waals surface area contributed by atoms with Crippen LogP contribution in [0.5, 0.6) is 0 Å². The third kappa shape index (κ3) is 5.12. The highest BCUT2D eigenvalue weighted by atomic mass is 79.9. The van der Waals surface area contributed by atoms with Crippen molar-refractivity contribution in [3.8, 4) is 0 Å². The largest absolute Gasteiger partial charge is 0.354 e. The lowest BCUT2D eigenvalue weighted by Crippen LogP contribution is -2.56. The summed E-state index contributed by atoms with van der Waals surface area (Å²) < 4.78 is 2.01. The number of halogens is 3. The van der Waals surface area contributed by atoms with Crippen LogP contribution in [0.3, 0.4) is 0 Å².